The second kappa shape index (κ2) is 2.38. The van der Waals surface area contributed by atoms with Crippen molar-refractivity contribution >= 4 is 0 Å². The van der Waals surface area contributed by atoms with E-state index in [0.29, 0.717) is 6.04 Å². The third-order valence-corrected chi connectivity index (χ3v) is 1.80. The average molecular weight is 138 g/mol. The van der Waals surface area contributed by atoms with E-state index in [9.17, 15) is 0 Å². The molecular weight excluding hydrogens is 128 g/mol. The Labute approximate surface area is 59.2 Å². The van der Waals surface area contributed by atoms with Gasteiger partial charge in [-0.25, -0.2) is 0 Å². The maximum absolute atomic E-state index is 4.06. The lowest BCUT2D eigenvalue weighted by molar-refractivity contribution is 0.433. The molecule has 0 amide bonds. The summed E-state index contributed by atoms with van der Waals surface area (Å²) < 4.78 is 0. The molecule has 1 aromatic rings. The van der Waals surface area contributed by atoms with Gasteiger partial charge in [-0.05, 0) is 13.0 Å². The molecule has 10 heavy (non-hydrogen) atoms. The van der Waals surface area contributed by atoms with Crippen molar-refractivity contribution in [2.75, 3.05) is 13.1 Å². The highest BCUT2D eigenvalue weighted by Gasteiger charge is 2.16. The number of hydrogen-bond acceptors (Lipinski definition) is 3. The summed E-state index contributed by atoms with van der Waals surface area (Å²) in [5.74, 6) is 0. The van der Waals surface area contributed by atoms with Crippen molar-refractivity contribution in [3.63, 3.8) is 0 Å². The van der Waals surface area contributed by atoms with Crippen molar-refractivity contribution in [3.05, 3.63) is 12.4 Å². The van der Waals surface area contributed by atoms with Gasteiger partial charge in [0.2, 0.25) is 0 Å². The lowest BCUT2D eigenvalue weighted by atomic mass is 10.3. The number of rotatable bonds is 1. The highest BCUT2D eigenvalue weighted by molar-refractivity contribution is 4.75. The lowest BCUT2D eigenvalue weighted by Crippen LogP contribution is -2.15. The zero-order chi connectivity index (χ0) is 6.81. The van der Waals surface area contributed by atoms with Crippen LogP contribution in [0.2, 0.25) is 0 Å². The smallest absolute Gasteiger partial charge is 0.0852 e. The number of nitrogens with zero attached hydrogens (tertiary/aromatic N) is 3. The Morgan fingerprint density at radius 1 is 1.40 bits per heavy atom. The fourth-order valence-corrected chi connectivity index (χ4v) is 1.25. The van der Waals surface area contributed by atoms with Crippen LogP contribution in [-0.4, -0.2) is 28.1 Å². The second-order valence-electron chi connectivity index (χ2n) is 2.50. The van der Waals surface area contributed by atoms with E-state index in [1.807, 2.05) is 0 Å². The van der Waals surface area contributed by atoms with Crippen LogP contribution in [0.15, 0.2) is 12.4 Å². The first-order valence-corrected chi connectivity index (χ1v) is 3.53. The molecule has 0 aliphatic carbocycles. The van der Waals surface area contributed by atoms with Gasteiger partial charge in [-0.1, -0.05) is 0 Å². The maximum Gasteiger partial charge on any atom is 0.0852 e. The summed E-state index contributed by atoms with van der Waals surface area (Å²) in [7, 11) is 0. The molecule has 0 bridgehead atoms. The molecule has 1 aromatic heterocycles. The molecule has 1 aliphatic heterocycles. The first kappa shape index (κ1) is 5.85. The first-order chi connectivity index (χ1) is 4.97. The van der Waals surface area contributed by atoms with Crippen LogP contribution in [0.5, 0.6) is 0 Å². The van der Waals surface area contributed by atoms with Crippen LogP contribution in [0.4, 0.5) is 0 Å². The Balaban J connectivity index is 2.12. The Morgan fingerprint density at radius 2 is 2.20 bits per heavy atom. The predicted molar refractivity (Wildman–Crippen MR) is 36.5 cm³/mol. The van der Waals surface area contributed by atoms with Gasteiger partial charge in [0.05, 0.1) is 18.4 Å². The van der Waals surface area contributed by atoms with Crippen molar-refractivity contribution in [2.24, 2.45) is 0 Å². The minimum Gasteiger partial charge on any atom is -0.314 e. The third-order valence-electron chi connectivity index (χ3n) is 1.80. The molecule has 0 aromatic carbocycles. The van der Waals surface area contributed by atoms with E-state index in [1.54, 1.807) is 17.2 Å². The Bertz CT molecular complexity index is 188. The van der Waals surface area contributed by atoms with Crippen LogP contribution in [0, 0.1) is 0 Å². The SMILES string of the molecule is c1cnn(C2CCNC2)n1. The highest BCUT2D eigenvalue weighted by Crippen LogP contribution is 2.10. The van der Waals surface area contributed by atoms with Crippen molar-refractivity contribution < 1.29 is 0 Å². The van der Waals surface area contributed by atoms with E-state index in [0.717, 1.165) is 19.5 Å². The fraction of sp³-hybridized carbons (Fsp3) is 0.667. The molecule has 1 atom stereocenters. The van der Waals surface area contributed by atoms with Crippen LogP contribution in [0.25, 0.3) is 0 Å². The van der Waals surface area contributed by atoms with E-state index in [4.69, 9.17) is 0 Å². The summed E-state index contributed by atoms with van der Waals surface area (Å²) in [5.41, 5.74) is 0. The van der Waals surface area contributed by atoms with Gasteiger partial charge in [0, 0.05) is 6.54 Å². The van der Waals surface area contributed by atoms with Crippen LogP contribution in [-0.2, 0) is 0 Å². The third kappa shape index (κ3) is 0.903. The van der Waals surface area contributed by atoms with Gasteiger partial charge in [-0.15, -0.1) is 0 Å². The van der Waals surface area contributed by atoms with E-state index in [1.165, 1.54) is 0 Å². The summed E-state index contributed by atoms with van der Waals surface area (Å²) in [6, 6.07) is 0.481. The summed E-state index contributed by atoms with van der Waals surface area (Å²) in [6.45, 7) is 2.10. The summed E-state index contributed by atoms with van der Waals surface area (Å²) in [4.78, 5) is 1.78. The molecule has 1 aliphatic rings. The summed E-state index contributed by atoms with van der Waals surface area (Å²) >= 11 is 0. The van der Waals surface area contributed by atoms with E-state index in [-0.39, 0.29) is 0 Å². The monoisotopic (exact) mass is 138 g/mol. The Hall–Kier alpha value is -0.900. The molecule has 1 saturated heterocycles. The van der Waals surface area contributed by atoms with Gasteiger partial charge in [-0.3, -0.25) is 0 Å². The molecule has 54 valence electrons. The van der Waals surface area contributed by atoms with Gasteiger partial charge in [0.15, 0.2) is 0 Å². The minimum absolute atomic E-state index is 0.481. The zero-order valence-corrected chi connectivity index (χ0v) is 5.70. The summed E-state index contributed by atoms with van der Waals surface area (Å²) in [5, 5.41) is 11.4. The topological polar surface area (TPSA) is 42.7 Å². The number of hydrogen-bond donors (Lipinski definition) is 1. The van der Waals surface area contributed by atoms with Gasteiger partial charge in [-0.2, -0.15) is 15.0 Å². The highest BCUT2D eigenvalue weighted by atomic mass is 15.5. The molecule has 0 saturated carbocycles. The van der Waals surface area contributed by atoms with Crippen LogP contribution < -0.4 is 5.32 Å². The van der Waals surface area contributed by atoms with Gasteiger partial charge in [0.1, 0.15) is 0 Å². The van der Waals surface area contributed by atoms with E-state index in [2.05, 4.69) is 15.5 Å². The van der Waals surface area contributed by atoms with E-state index < -0.39 is 0 Å². The maximum atomic E-state index is 4.06. The summed E-state index contributed by atoms with van der Waals surface area (Å²) in [6.07, 6.45) is 4.59. The molecular formula is C6H10N4. The van der Waals surface area contributed by atoms with Crippen molar-refractivity contribution in [2.45, 2.75) is 12.5 Å². The molecule has 4 heteroatoms. The molecule has 2 heterocycles. The molecule has 4 nitrogen and oxygen atoms in total. The number of nitrogens with one attached hydrogen (secondary N) is 1. The Kier molecular flexibility index (Phi) is 1.39. The Morgan fingerprint density at radius 3 is 2.80 bits per heavy atom. The van der Waals surface area contributed by atoms with Crippen LogP contribution in [0.3, 0.4) is 0 Å². The molecule has 1 N–H and O–H groups in total. The quantitative estimate of drug-likeness (QED) is 0.585. The lowest BCUT2D eigenvalue weighted by Gasteiger charge is -2.04. The average Bonchev–Trinajstić information content (AvgIpc) is 2.59. The van der Waals surface area contributed by atoms with Gasteiger partial charge < -0.3 is 5.32 Å². The minimum atomic E-state index is 0.481. The largest absolute Gasteiger partial charge is 0.314 e. The van der Waals surface area contributed by atoms with Crippen LogP contribution in [0.1, 0.15) is 12.5 Å². The zero-order valence-electron chi connectivity index (χ0n) is 5.70. The predicted octanol–water partition coefficient (Wildman–Crippen LogP) is -0.188. The van der Waals surface area contributed by atoms with Crippen molar-refractivity contribution in [1.82, 2.24) is 20.3 Å². The van der Waals surface area contributed by atoms with Gasteiger partial charge in [0.25, 0.3) is 0 Å². The molecule has 0 radical (unpaired) electrons. The second-order valence-corrected chi connectivity index (χ2v) is 2.50. The molecule has 0 spiro atoms. The van der Waals surface area contributed by atoms with E-state index >= 15 is 0 Å². The standard InChI is InChI=1S/C6H10N4/c1-2-7-5-6(1)10-8-3-4-9-10/h3-4,6-7H,1-2,5H2. The van der Waals surface area contributed by atoms with Crippen LogP contribution >= 0.6 is 0 Å². The van der Waals surface area contributed by atoms with Gasteiger partial charge >= 0.3 is 0 Å². The fourth-order valence-electron chi connectivity index (χ4n) is 1.25. The van der Waals surface area contributed by atoms with Crippen molar-refractivity contribution in [1.29, 1.82) is 0 Å². The van der Waals surface area contributed by atoms with Crippen molar-refractivity contribution in [3.8, 4) is 0 Å². The number of aromatic nitrogens is 3. The molecule has 1 unspecified atom stereocenters. The molecule has 2 rings (SSSR count). The molecule has 1 fully saturated rings. The first-order valence-electron chi connectivity index (χ1n) is 3.53. The normalized spacial score (nSPS) is 25.4.